The highest BCUT2D eigenvalue weighted by Crippen LogP contribution is 2.31. The van der Waals surface area contributed by atoms with Crippen molar-refractivity contribution in [3.63, 3.8) is 0 Å². The number of urea groups is 1. The van der Waals surface area contributed by atoms with Gasteiger partial charge in [-0.1, -0.05) is 6.07 Å². The molecule has 0 radical (unpaired) electrons. The highest BCUT2D eigenvalue weighted by molar-refractivity contribution is 6.04. The van der Waals surface area contributed by atoms with Crippen molar-refractivity contribution < 1.29 is 27.4 Å². The summed E-state index contributed by atoms with van der Waals surface area (Å²) in [6, 6.07) is 7.92. The van der Waals surface area contributed by atoms with Gasteiger partial charge in [0.05, 0.1) is 18.4 Å². The van der Waals surface area contributed by atoms with E-state index < -0.39 is 17.9 Å². The van der Waals surface area contributed by atoms with Crippen LogP contribution in [0.1, 0.15) is 22.3 Å². The number of aryl methyl sites for hydroxylation is 2. The second kappa shape index (κ2) is 10.9. The van der Waals surface area contributed by atoms with Crippen LogP contribution in [0.5, 0.6) is 11.5 Å². The molecule has 2 amide bonds. The fraction of sp³-hybridized carbons (Fsp3) is 0.304. The normalized spacial score (nSPS) is 12.4. The largest absolute Gasteiger partial charge is 0.496 e. The van der Waals surface area contributed by atoms with Gasteiger partial charge >= 0.3 is 12.2 Å². The Kier molecular flexibility index (Phi) is 8.52. The minimum Gasteiger partial charge on any atom is -0.496 e. The highest BCUT2D eigenvalue weighted by atomic mass is 19.4. The number of alkyl halides is 3. The van der Waals surface area contributed by atoms with E-state index in [2.05, 4.69) is 10.3 Å². The molecule has 0 unspecified atom stereocenters. The Morgan fingerprint density at radius 3 is 2.44 bits per heavy atom. The number of nitrogens with two attached hydrogens (primary N) is 2. The van der Waals surface area contributed by atoms with Gasteiger partial charge in [0.1, 0.15) is 23.8 Å². The van der Waals surface area contributed by atoms with E-state index in [9.17, 15) is 18.0 Å². The van der Waals surface area contributed by atoms with Crippen molar-refractivity contribution in [2.75, 3.05) is 26.5 Å². The number of benzene rings is 2. The summed E-state index contributed by atoms with van der Waals surface area (Å²) in [5.41, 5.74) is 7.55. The lowest BCUT2D eigenvalue weighted by Gasteiger charge is -2.19. The lowest BCUT2D eigenvalue weighted by Crippen LogP contribution is -2.37. The van der Waals surface area contributed by atoms with Crippen molar-refractivity contribution in [3.05, 3.63) is 58.7 Å². The fourth-order valence-electron chi connectivity index (χ4n) is 3.13. The Morgan fingerprint density at radius 1 is 1.21 bits per heavy atom. The topological polar surface area (TPSA) is 115 Å². The SMILES string of the molecule is CN=C(C=C(N)c1cc(C)c(OCc2c(NC(=O)N(C)N)cccc2OC)cc1C)C(F)(F)F. The Labute approximate surface area is 196 Å². The molecular weight excluding hydrogens is 451 g/mol. The molecule has 2 aromatic carbocycles. The van der Waals surface area contributed by atoms with Crippen LogP contribution in [0, 0.1) is 13.8 Å². The molecule has 0 aliphatic carbocycles. The molecule has 5 N–H and O–H groups in total. The molecule has 11 heteroatoms. The average molecular weight is 480 g/mol. The molecule has 0 saturated heterocycles. The molecule has 0 fully saturated rings. The van der Waals surface area contributed by atoms with Crippen LogP contribution in [-0.2, 0) is 6.61 Å². The highest BCUT2D eigenvalue weighted by Gasteiger charge is 2.33. The van der Waals surface area contributed by atoms with Crippen LogP contribution in [0.4, 0.5) is 23.7 Å². The molecular formula is C23H28F3N5O3. The van der Waals surface area contributed by atoms with Gasteiger partial charge in [-0.3, -0.25) is 10.0 Å². The molecule has 0 saturated carbocycles. The quantitative estimate of drug-likeness (QED) is 0.239. The molecule has 0 atom stereocenters. The van der Waals surface area contributed by atoms with Gasteiger partial charge in [0.15, 0.2) is 0 Å². The molecule has 0 spiro atoms. The summed E-state index contributed by atoms with van der Waals surface area (Å²) in [5.74, 6) is 6.47. The number of aliphatic imine (C=N–C) groups is 1. The number of anilines is 1. The third-order valence-corrected chi connectivity index (χ3v) is 4.94. The van der Waals surface area contributed by atoms with E-state index in [1.165, 1.54) is 14.2 Å². The third kappa shape index (κ3) is 6.41. The summed E-state index contributed by atoms with van der Waals surface area (Å²) >= 11 is 0. The van der Waals surface area contributed by atoms with Crippen LogP contribution < -0.4 is 26.4 Å². The molecule has 34 heavy (non-hydrogen) atoms. The van der Waals surface area contributed by atoms with E-state index in [0.717, 1.165) is 18.1 Å². The van der Waals surface area contributed by atoms with E-state index >= 15 is 0 Å². The van der Waals surface area contributed by atoms with Crippen LogP contribution >= 0.6 is 0 Å². The number of amides is 2. The Hall–Kier alpha value is -3.73. The number of halogens is 3. The predicted molar refractivity (Wildman–Crippen MR) is 126 cm³/mol. The number of hydrogen-bond acceptors (Lipinski definition) is 6. The zero-order valence-corrected chi connectivity index (χ0v) is 19.6. The van der Waals surface area contributed by atoms with Crippen LogP contribution in [-0.4, -0.2) is 44.1 Å². The van der Waals surface area contributed by atoms with Gasteiger partial charge in [-0.25, -0.2) is 10.6 Å². The number of rotatable bonds is 7. The lowest BCUT2D eigenvalue weighted by atomic mass is 10.0. The summed E-state index contributed by atoms with van der Waals surface area (Å²) in [6.07, 6.45) is -3.80. The first-order valence-corrected chi connectivity index (χ1v) is 10.1. The number of allylic oxidation sites excluding steroid dienone is 1. The molecule has 2 aromatic rings. The van der Waals surface area contributed by atoms with E-state index in [1.807, 2.05) is 0 Å². The van der Waals surface area contributed by atoms with Gasteiger partial charge in [-0.05, 0) is 55.3 Å². The first-order chi connectivity index (χ1) is 15.9. The fourth-order valence-corrected chi connectivity index (χ4v) is 3.13. The van der Waals surface area contributed by atoms with Crippen LogP contribution in [0.3, 0.4) is 0 Å². The minimum absolute atomic E-state index is 0.0412. The van der Waals surface area contributed by atoms with Gasteiger partial charge in [-0.2, -0.15) is 13.2 Å². The molecule has 0 aliphatic rings. The first-order valence-electron chi connectivity index (χ1n) is 10.1. The third-order valence-electron chi connectivity index (χ3n) is 4.94. The van der Waals surface area contributed by atoms with Crippen molar-refractivity contribution >= 4 is 23.1 Å². The maximum absolute atomic E-state index is 13.0. The van der Waals surface area contributed by atoms with Crippen molar-refractivity contribution in [1.82, 2.24) is 5.01 Å². The molecule has 0 bridgehead atoms. The Bertz CT molecular complexity index is 1110. The van der Waals surface area contributed by atoms with E-state index in [4.69, 9.17) is 21.1 Å². The summed E-state index contributed by atoms with van der Waals surface area (Å²) in [5, 5.41) is 3.59. The lowest BCUT2D eigenvalue weighted by molar-refractivity contribution is -0.0577. The number of hydrazine groups is 1. The summed E-state index contributed by atoms with van der Waals surface area (Å²) in [7, 11) is 3.96. The van der Waals surface area contributed by atoms with Gasteiger partial charge in [0.25, 0.3) is 0 Å². The molecule has 184 valence electrons. The van der Waals surface area contributed by atoms with Gasteiger partial charge in [-0.15, -0.1) is 0 Å². The molecule has 2 rings (SSSR count). The minimum atomic E-state index is -4.61. The standard InChI is InChI=1S/C23H28F3N5O3/c1-13-10-20(14(2)9-15(13)17(27)11-21(29-3)23(24,25)26)34-12-16-18(30-22(32)31(4)28)7-6-8-19(16)33-5/h6-11H,12,27-28H2,1-5H3,(H,30,32). The number of nitrogens with one attached hydrogen (secondary N) is 1. The van der Waals surface area contributed by atoms with Gasteiger partial charge < -0.3 is 20.5 Å². The number of ether oxygens (including phenoxy) is 2. The molecule has 0 aliphatic heterocycles. The van der Waals surface area contributed by atoms with Crippen LogP contribution in [0.15, 0.2) is 41.4 Å². The summed E-state index contributed by atoms with van der Waals surface area (Å²) in [4.78, 5) is 15.3. The first kappa shape index (κ1) is 26.5. The smallest absolute Gasteiger partial charge is 0.432 e. The number of nitrogens with zero attached hydrogens (tertiary/aromatic N) is 2. The van der Waals surface area contributed by atoms with Crippen molar-refractivity contribution in [2.45, 2.75) is 26.6 Å². The van der Waals surface area contributed by atoms with E-state index in [0.29, 0.717) is 39.4 Å². The summed E-state index contributed by atoms with van der Waals surface area (Å²) < 4.78 is 50.4. The number of carbonyl (C=O) groups is 1. The molecule has 0 aromatic heterocycles. The maximum atomic E-state index is 13.0. The van der Waals surface area contributed by atoms with Crippen LogP contribution in [0.2, 0.25) is 0 Å². The molecule has 0 heterocycles. The van der Waals surface area contributed by atoms with Crippen molar-refractivity contribution in [1.29, 1.82) is 0 Å². The second-order valence-electron chi connectivity index (χ2n) is 7.46. The average Bonchev–Trinajstić information content (AvgIpc) is 2.76. The van der Waals surface area contributed by atoms with E-state index in [-0.39, 0.29) is 12.3 Å². The number of carbonyl (C=O) groups excluding carboxylic acids is 1. The number of hydrogen-bond donors (Lipinski definition) is 3. The molecule has 8 nitrogen and oxygen atoms in total. The Balaban J connectivity index is 2.34. The second-order valence-corrected chi connectivity index (χ2v) is 7.46. The zero-order chi connectivity index (χ0) is 25.6. The van der Waals surface area contributed by atoms with Gasteiger partial charge in [0, 0.05) is 25.4 Å². The van der Waals surface area contributed by atoms with Gasteiger partial charge in [0.2, 0.25) is 0 Å². The zero-order valence-electron chi connectivity index (χ0n) is 19.6. The summed E-state index contributed by atoms with van der Waals surface area (Å²) in [6.45, 7) is 3.50. The monoisotopic (exact) mass is 479 g/mol. The maximum Gasteiger partial charge on any atom is 0.432 e. The Morgan fingerprint density at radius 2 is 1.88 bits per heavy atom. The van der Waals surface area contributed by atoms with E-state index in [1.54, 1.807) is 44.2 Å². The van der Waals surface area contributed by atoms with Crippen molar-refractivity contribution in [3.8, 4) is 11.5 Å². The number of methoxy groups -OCH3 is 1. The predicted octanol–water partition coefficient (Wildman–Crippen LogP) is 4.16. The van der Waals surface area contributed by atoms with Crippen LogP contribution in [0.25, 0.3) is 5.70 Å². The van der Waals surface area contributed by atoms with Crippen molar-refractivity contribution in [2.24, 2.45) is 16.6 Å².